The minimum absolute atomic E-state index is 0.00157. The third-order valence-corrected chi connectivity index (χ3v) is 2.34. The second-order valence-electron chi connectivity index (χ2n) is 4.27. The summed E-state index contributed by atoms with van der Waals surface area (Å²) in [6.07, 6.45) is 0. The summed E-state index contributed by atoms with van der Waals surface area (Å²) < 4.78 is 0. The predicted molar refractivity (Wildman–Crippen MR) is 68.0 cm³/mol. The monoisotopic (exact) mass is 238 g/mol. The van der Waals surface area contributed by atoms with Gasteiger partial charge in [0, 0.05) is 19.2 Å². The van der Waals surface area contributed by atoms with Crippen molar-refractivity contribution in [1.29, 1.82) is 0 Å². The minimum Gasteiger partial charge on any atom is -0.384 e. The van der Waals surface area contributed by atoms with E-state index in [0.29, 0.717) is 30.6 Å². The number of aromatic nitrogens is 1. The van der Waals surface area contributed by atoms with E-state index in [9.17, 15) is 10.1 Å². The average Bonchev–Trinajstić information content (AvgIpc) is 2.25. The van der Waals surface area contributed by atoms with Gasteiger partial charge < -0.3 is 10.6 Å². The van der Waals surface area contributed by atoms with Gasteiger partial charge in [0.05, 0.1) is 4.92 Å². The van der Waals surface area contributed by atoms with Gasteiger partial charge in [-0.15, -0.1) is 0 Å². The lowest BCUT2D eigenvalue weighted by atomic mass is 10.2. The first kappa shape index (κ1) is 13.2. The van der Waals surface area contributed by atoms with Gasteiger partial charge in [-0.1, -0.05) is 13.8 Å². The maximum Gasteiger partial charge on any atom is 0.311 e. The molecule has 94 valence electrons. The van der Waals surface area contributed by atoms with E-state index in [2.05, 4.69) is 18.8 Å². The van der Waals surface area contributed by atoms with E-state index < -0.39 is 4.92 Å². The van der Waals surface area contributed by atoms with E-state index in [-0.39, 0.29) is 5.69 Å². The topological polar surface area (TPSA) is 85.3 Å². The number of nitrogen functional groups attached to an aromatic ring is 1. The van der Waals surface area contributed by atoms with Gasteiger partial charge in [0.2, 0.25) is 5.82 Å². The Hall–Kier alpha value is -1.85. The van der Waals surface area contributed by atoms with Gasteiger partial charge in [0.15, 0.2) is 0 Å². The van der Waals surface area contributed by atoms with Crippen LogP contribution in [-0.4, -0.2) is 23.0 Å². The highest BCUT2D eigenvalue weighted by Crippen LogP contribution is 2.27. The van der Waals surface area contributed by atoms with Crippen LogP contribution in [-0.2, 0) is 0 Å². The first-order valence-corrected chi connectivity index (χ1v) is 5.61. The van der Waals surface area contributed by atoms with Crippen molar-refractivity contribution in [3.8, 4) is 0 Å². The second-order valence-corrected chi connectivity index (χ2v) is 4.27. The maximum absolute atomic E-state index is 10.9. The van der Waals surface area contributed by atoms with Crippen LogP contribution < -0.4 is 10.6 Å². The van der Waals surface area contributed by atoms with Crippen LogP contribution in [0.2, 0.25) is 0 Å². The largest absolute Gasteiger partial charge is 0.384 e. The lowest BCUT2D eigenvalue weighted by Crippen LogP contribution is -2.29. The van der Waals surface area contributed by atoms with Crippen molar-refractivity contribution in [2.45, 2.75) is 20.8 Å². The molecule has 0 saturated heterocycles. The molecule has 0 saturated carbocycles. The Morgan fingerprint density at radius 1 is 1.53 bits per heavy atom. The van der Waals surface area contributed by atoms with E-state index in [1.807, 2.05) is 11.8 Å². The normalized spacial score (nSPS) is 10.6. The summed E-state index contributed by atoms with van der Waals surface area (Å²) in [4.78, 5) is 16.5. The fraction of sp³-hybridized carbons (Fsp3) is 0.545. The molecule has 6 heteroatoms. The molecular weight excluding hydrogens is 220 g/mol. The summed E-state index contributed by atoms with van der Waals surface area (Å²) in [7, 11) is 0. The van der Waals surface area contributed by atoms with Gasteiger partial charge in [-0.3, -0.25) is 10.1 Å². The minimum atomic E-state index is -0.426. The highest BCUT2D eigenvalue weighted by Gasteiger charge is 2.21. The average molecular weight is 238 g/mol. The zero-order valence-corrected chi connectivity index (χ0v) is 10.4. The SMILES string of the molecule is CCN(CC(C)C)c1nc(N)ccc1[N+](=O)[O-]. The summed E-state index contributed by atoms with van der Waals surface area (Å²) in [5.41, 5.74) is 5.59. The first-order chi connectivity index (χ1) is 7.95. The molecule has 17 heavy (non-hydrogen) atoms. The standard InChI is InChI=1S/C11H18N4O2/c1-4-14(7-8(2)3)11-9(15(16)17)5-6-10(12)13-11/h5-6,8H,4,7H2,1-3H3,(H2,12,13). The van der Waals surface area contributed by atoms with E-state index >= 15 is 0 Å². The molecule has 0 aliphatic carbocycles. The summed E-state index contributed by atoms with van der Waals surface area (Å²) in [5, 5.41) is 10.9. The predicted octanol–water partition coefficient (Wildman–Crippen LogP) is 2.05. The van der Waals surface area contributed by atoms with Gasteiger partial charge in [0.25, 0.3) is 0 Å². The Morgan fingerprint density at radius 2 is 2.18 bits per heavy atom. The third kappa shape index (κ3) is 3.30. The Bertz CT molecular complexity index is 406. The molecule has 0 amide bonds. The van der Waals surface area contributed by atoms with Crippen molar-refractivity contribution in [1.82, 2.24) is 4.98 Å². The quantitative estimate of drug-likeness (QED) is 0.626. The number of rotatable bonds is 5. The molecule has 1 rings (SSSR count). The summed E-state index contributed by atoms with van der Waals surface area (Å²) in [6, 6.07) is 2.85. The number of nitrogens with zero attached hydrogens (tertiary/aromatic N) is 3. The van der Waals surface area contributed by atoms with Crippen LogP contribution >= 0.6 is 0 Å². The van der Waals surface area contributed by atoms with Crippen LogP contribution in [0.5, 0.6) is 0 Å². The van der Waals surface area contributed by atoms with E-state index in [4.69, 9.17) is 5.73 Å². The van der Waals surface area contributed by atoms with Crippen LogP contribution in [0.4, 0.5) is 17.3 Å². The molecular formula is C11H18N4O2. The molecule has 0 bridgehead atoms. The molecule has 0 fully saturated rings. The summed E-state index contributed by atoms with van der Waals surface area (Å²) >= 11 is 0. The fourth-order valence-corrected chi connectivity index (χ4v) is 1.64. The molecule has 1 heterocycles. The van der Waals surface area contributed by atoms with Crippen molar-refractivity contribution >= 4 is 17.3 Å². The first-order valence-electron chi connectivity index (χ1n) is 5.61. The number of nitrogens with two attached hydrogens (primary N) is 1. The maximum atomic E-state index is 10.9. The Kier molecular flexibility index (Phi) is 4.25. The number of hydrogen-bond acceptors (Lipinski definition) is 5. The van der Waals surface area contributed by atoms with Crippen LogP contribution in [0.3, 0.4) is 0 Å². The molecule has 2 N–H and O–H groups in total. The van der Waals surface area contributed by atoms with Gasteiger partial charge >= 0.3 is 5.69 Å². The van der Waals surface area contributed by atoms with Crippen molar-refractivity contribution in [3.05, 3.63) is 22.2 Å². The van der Waals surface area contributed by atoms with E-state index in [1.54, 1.807) is 0 Å². The van der Waals surface area contributed by atoms with Gasteiger partial charge in [-0.25, -0.2) is 4.98 Å². The van der Waals surface area contributed by atoms with Crippen molar-refractivity contribution in [2.75, 3.05) is 23.7 Å². The number of pyridine rings is 1. The molecule has 0 radical (unpaired) electrons. The lowest BCUT2D eigenvalue weighted by molar-refractivity contribution is -0.384. The number of hydrogen-bond donors (Lipinski definition) is 1. The zero-order valence-electron chi connectivity index (χ0n) is 10.4. The van der Waals surface area contributed by atoms with Gasteiger partial charge in [-0.05, 0) is 18.9 Å². The van der Waals surface area contributed by atoms with Crippen LogP contribution in [0, 0.1) is 16.0 Å². The molecule has 0 aliphatic rings. The fourth-order valence-electron chi connectivity index (χ4n) is 1.64. The second kappa shape index (κ2) is 5.47. The Morgan fingerprint density at radius 3 is 2.65 bits per heavy atom. The van der Waals surface area contributed by atoms with E-state index in [0.717, 1.165) is 0 Å². The highest BCUT2D eigenvalue weighted by atomic mass is 16.6. The lowest BCUT2D eigenvalue weighted by Gasteiger charge is -2.23. The summed E-state index contributed by atoms with van der Waals surface area (Å²) in [5.74, 6) is 1.05. The zero-order chi connectivity index (χ0) is 13.0. The van der Waals surface area contributed by atoms with Crippen molar-refractivity contribution < 1.29 is 4.92 Å². The molecule has 1 aromatic rings. The molecule has 0 aromatic carbocycles. The molecule has 0 atom stereocenters. The third-order valence-electron chi connectivity index (χ3n) is 2.34. The van der Waals surface area contributed by atoms with E-state index in [1.165, 1.54) is 12.1 Å². The van der Waals surface area contributed by atoms with Crippen LogP contribution in [0.1, 0.15) is 20.8 Å². The Balaban J connectivity index is 3.15. The van der Waals surface area contributed by atoms with Crippen LogP contribution in [0.25, 0.3) is 0 Å². The van der Waals surface area contributed by atoms with Gasteiger partial charge in [0.1, 0.15) is 5.82 Å². The number of anilines is 2. The van der Waals surface area contributed by atoms with Crippen molar-refractivity contribution in [3.63, 3.8) is 0 Å². The number of nitro groups is 1. The molecule has 0 spiro atoms. The summed E-state index contributed by atoms with van der Waals surface area (Å²) in [6.45, 7) is 7.43. The molecule has 0 aliphatic heterocycles. The van der Waals surface area contributed by atoms with Gasteiger partial charge in [-0.2, -0.15) is 0 Å². The van der Waals surface area contributed by atoms with Crippen molar-refractivity contribution in [2.24, 2.45) is 5.92 Å². The molecule has 0 unspecified atom stereocenters. The smallest absolute Gasteiger partial charge is 0.311 e. The molecule has 1 aromatic heterocycles. The highest BCUT2D eigenvalue weighted by molar-refractivity contribution is 5.60. The Labute approximate surface area is 101 Å². The molecule has 6 nitrogen and oxygen atoms in total. The van der Waals surface area contributed by atoms with Crippen LogP contribution in [0.15, 0.2) is 12.1 Å².